The molecule has 1 aliphatic carbocycles. The number of rotatable bonds is 5. The molecule has 3 amide bonds. The van der Waals surface area contributed by atoms with Crippen LogP contribution in [0.1, 0.15) is 36.0 Å². The Balaban J connectivity index is 1.40. The highest BCUT2D eigenvalue weighted by Crippen LogP contribution is 2.40. The van der Waals surface area contributed by atoms with Crippen LogP contribution in [-0.2, 0) is 19.1 Å². The predicted octanol–water partition coefficient (Wildman–Crippen LogP) is 3.30. The van der Waals surface area contributed by atoms with E-state index in [4.69, 9.17) is 4.74 Å². The first-order valence-electron chi connectivity index (χ1n) is 10.1. The zero-order valence-electron chi connectivity index (χ0n) is 16.7. The summed E-state index contributed by atoms with van der Waals surface area (Å²) in [6, 6.07) is 11.3. The third kappa shape index (κ3) is 4.33. The number of carbonyl (C=O) groups excluding carboxylic acids is 4. The van der Waals surface area contributed by atoms with E-state index in [0.29, 0.717) is 24.2 Å². The van der Waals surface area contributed by atoms with Crippen LogP contribution in [0, 0.1) is 17.7 Å². The smallest absolute Gasteiger partial charge is 0.338 e. The summed E-state index contributed by atoms with van der Waals surface area (Å²) in [5, 5.41) is 2.49. The number of amides is 3. The first kappa shape index (κ1) is 20.7. The normalized spacial score (nSPS) is 20.4. The van der Waals surface area contributed by atoms with E-state index in [1.54, 1.807) is 12.1 Å². The highest BCUT2D eigenvalue weighted by atomic mass is 19.1. The molecule has 0 radical (unpaired) electrons. The Morgan fingerprint density at radius 1 is 1.00 bits per heavy atom. The van der Waals surface area contributed by atoms with Crippen LogP contribution in [0.2, 0.25) is 0 Å². The van der Waals surface area contributed by atoms with Crippen molar-refractivity contribution in [1.29, 1.82) is 0 Å². The number of carbonyl (C=O) groups is 4. The lowest BCUT2D eigenvalue weighted by Crippen LogP contribution is -2.31. The predicted molar refractivity (Wildman–Crippen MR) is 110 cm³/mol. The van der Waals surface area contributed by atoms with Crippen LogP contribution < -0.4 is 10.2 Å². The fraction of sp³-hybridized carbons (Fsp3) is 0.304. The van der Waals surface area contributed by atoms with Gasteiger partial charge in [0.2, 0.25) is 11.8 Å². The van der Waals surface area contributed by atoms with Crippen LogP contribution in [0.5, 0.6) is 0 Å². The van der Waals surface area contributed by atoms with Crippen molar-refractivity contribution in [2.75, 3.05) is 16.8 Å². The van der Waals surface area contributed by atoms with Crippen molar-refractivity contribution in [3.05, 3.63) is 59.9 Å². The van der Waals surface area contributed by atoms with Crippen molar-refractivity contribution in [2.24, 2.45) is 11.8 Å². The molecule has 0 aromatic heterocycles. The Labute approximate surface area is 178 Å². The molecule has 1 saturated heterocycles. The van der Waals surface area contributed by atoms with Crippen LogP contribution in [0.15, 0.2) is 48.5 Å². The molecule has 1 heterocycles. The fourth-order valence-corrected chi connectivity index (χ4v) is 4.13. The Kier molecular flexibility index (Phi) is 5.79. The van der Waals surface area contributed by atoms with Gasteiger partial charge in [0.25, 0.3) is 5.91 Å². The van der Waals surface area contributed by atoms with Crippen LogP contribution >= 0.6 is 0 Å². The number of hydrogen-bond acceptors (Lipinski definition) is 5. The lowest BCUT2D eigenvalue weighted by molar-refractivity contribution is -0.122. The largest absolute Gasteiger partial charge is 0.452 e. The number of imide groups is 1. The molecule has 160 valence electrons. The number of benzene rings is 2. The van der Waals surface area contributed by atoms with Crippen LogP contribution in [-0.4, -0.2) is 30.3 Å². The van der Waals surface area contributed by atoms with Crippen molar-refractivity contribution in [2.45, 2.75) is 25.7 Å². The third-order valence-corrected chi connectivity index (χ3v) is 5.64. The van der Waals surface area contributed by atoms with Crippen molar-refractivity contribution in [3.63, 3.8) is 0 Å². The molecule has 2 atom stereocenters. The third-order valence-electron chi connectivity index (χ3n) is 5.64. The number of nitrogens with zero attached hydrogens (tertiary/aromatic N) is 1. The Hall–Kier alpha value is -3.55. The molecule has 8 heteroatoms. The lowest BCUT2D eigenvalue weighted by Gasteiger charge is -2.19. The highest BCUT2D eigenvalue weighted by Gasteiger charge is 2.48. The zero-order chi connectivity index (χ0) is 22.0. The molecule has 0 bridgehead atoms. The summed E-state index contributed by atoms with van der Waals surface area (Å²) in [4.78, 5) is 51.0. The van der Waals surface area contributed by atoms with Crippen molar-refractivity contribution < 1.29 is 28.3 Å². The van der Waals surface area contributed by atoms with E-state index >= 15 is 0 Å². The van der Waals surface area contributed by atoms with E-state index in [-0.39, 0.29) is 29.2 Å². The average Bonchev–Trinajstić information content (AvgIpc) is 3.04. The van der Waals surface area contributed by atoms with Crippen LogP contribution in [0.25, 0.3) is 0 Å². The number of esters is 1. The second-order valence-electron chi connectivity index (χ2n) is 7.69. The van der Waals surface area contributed by atoms with E-state index in [1.165, 1.54) is 41.3 Å². The van der Waals surface area contributed by atoms with Gasteiger partial charge in [-0.25, -0.2) is 9.18 Å². The molecule has 0 spiro atoms. The van der Waals surface area contributed by atoms with Gasteiger partial charge in [-0.2, -0.15) is 0 Å². The first-order chi connectivity index (χ1) is 14.9. The SMILES string of the molecule is O=C(COC(=O)c1cccc(N2C(=O)[C@H]3CCCC[C@H]3C2=O)c1)Nc1ccc(F)cc1. The van der Waals surface area contributed by atoms with E-state index < -0.39 is 24.3 Å². The minimum absolute atomic E-state index is 0.127. The minimum Gasteiger partial charge on any atom is -0.452 e. The van der Waals surface area contributed by atoms with E-state index in [1.807, 2.05) is 0 Å². The van der Waals surface area contributed by atoms with Gasteiger partial charge in [0.1, 0.15) is 5.82 Å². The molecule has 2 aromatic carbocycles. The van der Waals surface area contributed by atoms with Gasteiger partial charge in [-0.15, -0.1) is 0 Å². The summed E-state index contributed by atoms with van der Waals surface area (Å²) in [7, 11) is 0. The molecule has 0 unspecified atom stereocenters. The second kappa shape index (κ2) is 8.67. The summed E-state index contributed by atoms with van der Waals surface area (Å²) in [5.74, 6) is -2.78. The summed E-state index contributed by atoms with van der Waals surface area (Å²) >= 11 is 0. The molecular formula is C23H21FN2O5. The van der Waals surface area contributed by atoms with Gasteiger partial charge in [0.05, 0.1) is 23.1 Å². The Morgan fingerprint density at radius 2 is 1.65 bits per heavy atom. The van der Waals surface area contributed by atoms with Crippen LogP contribution in [0.3, 0.4) is 0 Å². The van der Waals surface area contributed by atoms with Gasteiger partial charge in [0, 0.05) is 5.69 Å². The van der Waals surface area contributed by atoms with E-state index in [2.05, 4.69) is 5.32 Å². The van der Waals surface area contributed by atoms with Gasteiger partial charge in [0.15, 0.2) is 6.61 Å². The molecular weight excluding hydrogens is 403 g/mol. The maximum absolute atomic E-state index is 12.9. The van der Waals surface area contributed by atoms with Gasteiger partial charge in [-0.1, -0.05) is 18.9 Å². The Morgan fingerprint density at radius 3 is 2.29 bits per heavy atom. The van der Waals surface area contributed by atoms with Crippen LogP contribution in [0.4, 0.5) is 15.8 Å². The van der Waals surface area contributed by atoms with Gasteiger partial charge < -0.3 is 10.1 Å². The molecule has 1 saturated carbocycles. The maximum Gasteiger partial charge on any atom is 0.338 e. The van der Waals surface area contributed by atoms with E-state index in [9.17, 15) is 23.6 Å². The molecule has 31 heavy (non-hydrogen) atoms. The second-order valence-corrected chi connectivity index (χ2v) is 7.69. The maximum atomic E-state index is 12.9. The summed E-state index contributed by atoms with van der Waals surface area (Å²) < 4.78 is 18.0. The molecule has 1 N–H and O–H groups in total. The lowest BCUT2D eigenvalue weighted by atomic mass is 9.81. The first-order valence-corrected chi connectivity index (χ1v) is 10.1. The molecule has 2 aliphatic rings. The van der Waals surface area contributed by atoms with Crippen molar-refractivity contribution in [3.8, 4) is 0 Å². The Bertz CT molecular complexity index is 1010. The minimum atomic E-state index is -0.757. The topological polar surface area (TPSA) is 92.8 Å². The highest BCUT2D eigenvalue weighted by molar-refractivity contribution is 6.22. The number of hydrogen-bond donors (Lipinski definition) is 1. The number of ether oxygens (including phenoxy) is 1. The molecule has 4 rings (SSSR count). The summed E-state index contributed by atoms with van der Waals surface area (Å²) in [5.41, 5.74) is 0.828. The quantitative estimate of drug-likeness (QED) is 0.587. The fourth-order valence-electron chi connectivity index (χ4n) is 4.13. The zero-order valence-corrected chi connectivity index (χ0v) is 16.7. The number of nitrogens with one attached hydrogen (secondary N) is 1. The van der Waals surface area contributed by atoms with Gasteiger partial charge >= 0.3 is 5.97 Å². The van der Waals surface area contributed by atoms with Gasteiger partial charge in [-0.3, -0.25) is 19.3 Å². The van der Waals surface area contributed by atoms with Crippen molar-refractivity contribution >= 4 is 35.1 Å². The molecule has 7 nitrogen and oxygen atoms in total. The number of halogens is 1. The standard InChI is InChI=1S/C23H21FN2O5/c24-15-8-10-16(11-9-15)25-20(27)13-31-23(30)14-4-3-5-17(12-14)26-21(28)18-6-1-2-7-19(18)22(26)29/h3-5,8-12,18-19H,1-2,6-7,13H2,(H,25,27)/t18-,19+. The molecule has 2 fully saturated rings. The van der Waals surface area contributed by atoms with Gasteiger partial charge in [-0.05, 0) is 55.3 Å². The van der Waals surface area contributed by atoms with E-state index in [0.717, 1.165) is 12.8 Å². The molecule has 2 aromatic rings. The number of fused-ring (bicyclic) bond motifs is 1. The summed E-state index contributed by atoms with van der Waals surface area (Å²) in [6.45, 7) is -0.536. The molecule has 1 aliphatic heterocycles. The average molecular weight is 424 g/mol. The summed E-state index contributed by atoms with van der Waals surface area (Å²) in [6.07, 6.45) is 3.27. The van der Waals surface area contributed by atoms with Crippen molar-refractivity contribution in [1.82, 2.24) is 0 Å². The number of anilines is 2. The monoisotopic (exact) mass is 424 g/mol.